The zero-order chi connectivity index (χ0) is 18.5. The minimum absolute atomic E-state index is 0.0225. The van der Waals surface area contributed by atoms with Gasteiger partial charge in [-0.3, -0.25) is 14.2 Å². The summed E-state index contributed by atoms with van der Waals surface area (Å²) in [5.41, 5.74) is 4.43. The fraction of sp³-hybridized carbons (Fsp3) is 0.409. The van der Waals surface area contributed by atoms with Gasteiger partial charge >= 0.3 is 0 Å². The normalized spacial score (nSPS) is 18.5. The zero-order valence-electron chi connectivity index (χ0n) is 15.5. The van der Waals surface area contributed by atoms with E-state index in [0.29, 0.717) is 11.5 Å². The van der Waals surface area contributed by atoms with E-state index in [9.17, 15) is 9.59 Å². The van der Waals surface area contributed by atoms with Crippen LogP contribution in [0, 0.1) is 5.92 Å². The number of rotatable bonds is 3. The van der Waals surface area contributed by atoms with Gasteiger partial charge in [0.15, 0.2) is 5.78 Å². The van der Waals surface area contributed by atoms with E-state index in [2.05, 4.69) is 18.0 Å². The van der Waals surface area contributed by atoms with E-state index in [1.54, 1.807) is 17.7 Å². The molecule has 1 aromatic carbocycles. The van der Waals surface area contributed by atoms with E-state index >= 15 is 0 Å². The maximum absolute atomic E-state index is 13.1. The van der Waals surface area contributed by atoms with Crippen molar-refractivity contribution in [1.29, 1.82) is 0 Å². The molecule has 138 valence electrons. The van der Waals surface area contributed by atoms with Crippen LogP contribution < -0.4 is 5.56 Å². The Morgan fingerprint density at radius 1 is 1.26 bits per heavy atom. The van der Waals surface area contributed by atoms with Crippen LogP contribution in [-0.2, 0) is 32.2 Å². The molecule has 1 atom stereocenters. The van der Waals surface area contributed by atoms with Gasteiger partial charge in [0, 0.05) is 10.4 Å². The van der Waals surface area contributed by atoms with Crippen molar-refractivity contribution < 1.29 is 4.79 Å². The Kier molecular flexibility index (Phi) is 4.01. The molecule has 4 nitrogen and oxygen atoms in total. The predicted molar refractivity (Wildman–Crippen MR) is 108 cm³/mol. The Morgan fingerprint density at radius 3 is 3.00 bits per heavy atom. The van der Waals surface area contributed by atoms with Crippen LogP contribution in [0.4, 0.5) is 0 Å². The number of fused-ring (bicyclic) bond motifs is 4. The molecule has 5 rings (SSSR count). The van der Waals surface area contributed by atoms with Crippen molar-refractivity contribution in [2.24, 2.45) is 5.92 Å². The molecule has 0 aliphatic heterocycles. The molecule has 0 fully saturated rings. The molecule has 2 heterocycles. The highest BCUT2D eigenvalue weighted by atomic mass is 32.1. The van der Waals surface area contributed by atoms with Gasteiger partial charge in [0.25, 0.3) is 5.56 Å². The Balaban J connectivity index is 1.49. The number of hydrogen-bond acceptors (Lipinski definition) is 4. The number of benzene rings is 1. The van der Waals surface area contributed by atoms with Crippen molar-refractivity contribution in [3.63, 3.8) is 0 Å². The van der Waals surface area contributed by atoms with Gasteiger partial charge in [0.1, 0.15) is 4.83 Å². The second-order valence-electron chi connectivity index (χ2n) is 7.97. The molecule has 0 radical (unpaired) electrons. The first-order chi connectivity index (χ1) is 13.1. The Bertz CT molecular complexity index is 1130. The van der Waals surface area contributed by atoms with E-state index in [1.807, 2.05) is 12.1 Å². The zero-order valence-corrected chi connectivity index (χ0v) is 16.3. The molecule has 2 aromatic heterocycles. The number of aryl methyl sites for hydroxylation is 3. The summed E-state index contributed by atoms with van der Waals surface area (Å²) in [6, 6.07) is 5.98. The molecule has 0 saturated carbocycles. The second-order valence-corrected chi connectivity index (χ2v) is 9.05. The molecule has 2 aliphatic carbocycles. The summed E-state index contributed by atoms with van der Waals surface area (Å²) in [6.45, 7) is 2.32. The molecule has 0 N–H and O–H groups in total. The highest BCUT2D eigenvalue weighted by Crippen LogP contribution is 2.35. The van der Waals surface area contributed by atoms with Crippen molar-refractivity contribution in [3.8, 4) is 0 Å². The standard InChI is InChI=1S/C22H22N2O2S/c1-13-5-8-17-19(9-13)27-21-20(17)22(26)24(12-23-21)11-18(25)16-7-6-14-3-2-4-15(14)10-16/h6-7,10,12-13H,2-5,8-9,11H2,1H3/t13-/m0/s1. The molecule has 0 spiro atoms. The first-order valence-electron chi connectivity index (χ1n) is 9.75. The van der Waals surface area contributed by atoms with Crippen LogP contribution in [0.15, 0.2) is 29.3 Å². The lowest BCUT2D eigenvalue weighted by Gasteiger charge is -2.17. The second kappa shape index (κ2) is 6.41. The third-order valence-electron chi connectivity index (χ3n) is 6.02. The lowest BCUT2D eigenvalue weighted by molar-refractivity contribution is 0.0970. The number of nitrogens with zero attached hydrogens (tertiary/aromatic N) is 2. The van der Waals surface area contributed by atoms with Crippen molar-refractivity contribution in [3.05, 3.63) is 62.0 Å². The van der Waals surface area contributed by atoms with Gasteiger partial charge in [-0.25, -0.2) is 4.98 Å². The molecule has 0 saturated heterocycles. The number of aromatic nitrogens is 2. The van der Waals surface area contributed by atoms with Crippen molar-refractivity contribution in [2.75, 3.05) is 0 Å². The van der Waals surface area contributed by atoms with Gasteiger partial charge in [0.2, 0.25) is 0 Å². The third-order valence-corrected chi connectivity index (χ3v) is 7.18. The van der Waals surface area contributed by atoms with Gasteiger partial charge < -0.3 is 0 Å². The summed E-state index contributed by atoms with van der Waals surface area (Å²) in [5.74, 6) is 0.639. The molecular weight excluding hydrogens is 356 g/mol. The highest BCUT2D eigenvalue weighted by Gasteiger charge is 2.23. The number of ketones is 1. The van der Waals surface area contributed by atoms with Crippen molar-refractivity contribution >= 4 is 27.3 Å². The summed E-state index contributed by atoms with van der Waals surface area (Å²) in [4.78, 5) is 32.5. The lowest BCUT2D eigenvalue weighted by atomic mass is 9.89. The summed E-state index contributed by atoms with van der Waals surface area (Å²) in [6.07, 6.45) is 7.94. The van der Waals surface area contributed by atoms with Gasteiger partial charge in [-0.05, 0) is 67.2 Å². The first kappa shape index (κ1) is 16.9. The predicted octanol–water partition coefficient (Wildman–Crippen LogP) is 3.95. The van der Waals surface area contributed by atoms with Crippen LogP contribution in [-0.4, -0.2) is 15.3 Å². The number of carbonyl (C=O) groups excluding carboxylic acids is 1. The third kappa shape index (κ3) is 2.85. The van der Waals surface area contributed by atoms with Gasteiger partial charge in [-0.2, -0.15) is 0 Å². The Labute approximate surface area is 161 Å². The molecule has 5 heteroatoms. The minimum Gasteiger partial charge on any atom is -0.292 e. The van der Waals surface area contributed by atoms with E-state index in [-0.39, 0.29) is 17.9 Å². The van der Waals surface area contributed by atoms with E-state index in [4.69, 9.17) is 0 Å². The quantitative estimate of drug-likeness (QED) is 0.649. The van der Waals surface area contributed by atoms with Crippen molar-refractivity contribution in [2.45, 2.75) is 52.0 Å². The summed E-state index contributed by atoms with van der Waals surface area (Å²) in [5, 5.41) is 0.742. The van der Waals surface area contributed by atoms with Gasteiger partial charge in [-0.1, -0.05) is 19.1 Å². The van der Waals surface area contributed by atoms with Gasteiger partial charge in [0.05, 0.1) is 18.3 Å². The fourth-order valence-corrected chi connectivity index (χ4v) is 5.81. The molecule has 3 aromatic rings. The first-order valence-corrected chi connectivity index (χ1v) is 10.6. The van der Waals surface area contributed by atoms with Crippen LogP contribution in [0.2, 0.25) is 0 Å². The van der Waals surface area contributed by atoms with Crippen LogP contribution in [0.25, 0.3) is 10.2 Å². The average molecular weight is 378 g/mol. The molecule has 0 unspecified atom stereocenters. The van der Waals surface area contributed by atoms with Crippen LogP contribution in [0.3, 0.4) is 0 Å². The fourth-order valence-electron chi connectivity index (χ4n) is 4.47. The number of Topliss-reactive ketones (excluding diaryl/α,β-unsaturated/α-hetero) is 1. The maximum Gasteiger partial charge on any atom is 0.262 e. The Morgan fingerprint density at radius 2 is 2.11 bits per heavy atom. The summed E-state index contributed by atoms with van der Waals surface area (Å²) < 4.78 is 1.49. The minimum atomic E-state index is -0.0680. The summed E-state index contributed by atoms with van der Waals surface area (Å²) >= 11 is 1.65. The smallest absolute Gasteiger partial charge is 0.262 e. The maximum atomic E-state index is 13.1. The van der Waals surface area contributed by atoms with E-state index < -0.39 is 0 Å². The molecule has 0 amide bonds. The lowest BCUT2D eigenvalue weighted by Crippen LogP contribution is -2.25. The van der Waals surface area contributed by atoms with Gasteiger partial charge in [-0.15, -0.1) is 11.3 Å². The highest BCUT2D eigenvalue weighted by molar-refractivity contribution is 7.18. The van der Waals surface area contributed by atoms with Crippen LogP contribution >= 0.6 is 11.3 Å². The number of thiophene rings is 1. The van der Waals surface area contributed by atoms with Crippen LogP contribution in [0.1, 0.15) is 51.7 Å². The largest absolute Gasteiger partial charge is 0.292 e. The average Bonchev–Trinajstić information content (AvgIpc) is 3.27. The topological polar surface area (TPSA) is 52.0 Å². The van der Waals surface area contributed by atoms with E-state index in [0.717, 1.165) is 48.7 Å². The number of carbonyl (C=O) groups is 1. The monoisotopic (exact) mass is 378 g/mol. The summed E-state index contributed by atoms with van der Waals surface area (Å²) in [7, 11) is 0. The molecular formula is C22H22N2O2S. The number of hydrogen-bond donors (Lipinski definition) is 0. The molecule has 2 aliphatic rings. The molecule has 27 heavy (non-hydrogen) atoms. The van der Waals surface area contributed by atoms with E-state index in [1.165, 1.54) is 26.1 Å². The Hall–Kier alpha value is -2.27. The molecule has 0 bridgehead atoms. The van der Waals surface area contributed by atoms with Crippen LogP contribution in [0.5, 0.6) is 0 Å². The SMILES string of the molecule is C[C@H]1CCc2c(sc3ncn(CC(=O)c4ccc5c(c4)CCC5)c(=O)c23)C1. The van der Waals surface area contributed by atoms with Crippen molar-refractivity contribution in [1.82, 2.24) is 9.55 Å².